The number of nitrogens with one attached hydrogen (secondary N) is 1. The minimum absolute atomic E-state index is 0.871. The van der Waals surface area contributed by atoms with Gasteiger partial charge in [0.15, 0.2) is 0 Å². The molecule has 1 N–H and O–H groups in total. The molecule has 1 aliphatic rings. The fourth-order valence-electron chi connectivity index (χ4n) is 2.88. The van der Waals surface area contributed by atoms with E-state index < -0.39 is 0 Å². The number of nitrogens with zero attached hydrogens (tertiary/aromatic N) is 2. The summed E-state index contributed by atoms with van der Waals surface area (Å²) >= 11 is 0. The summed E-state index contributed by atoms with van der Waals surface area (Å²) in [6.45, 7) is 4.01. The van der Waals surface area contributed by atoms with E-state index in [1.54, 1.807) is 0 Å². The number of aromatic nitrogens is 1. The Morgan fingerprint density at radius 1 is 1.20 bits per heavy atom. The zero-order valence-corrected chi connectivity index (χ0v) is 12.2. The summed E-state index contributed by atoms with van der Waals surface area (Å²) in [5, 5.41) is 3.19. The van der Waals surface area contributed by atoms with Crippen molar-refractivity contribution in [3.8, 4) is 0 Å². The number of fused-ring (bicyclic) bond motifs is 1. The summed E-state index contributed by atoms with van der Waals surface area (Å²) in [6.07, 6.45) is 2.36. The first-order chi connectivity index (χ1) is 9.79. The minimum atomic E-state index is 0.871. The molecule has 0 unspecified atom stereocenters. The molecular formula is C17H21N3. The van der Waals surface area contributed by atoms with Gasteiger partial charge in [0.25, 0.3) is 0 Å². The van der Waals surface area contributed by atoms with Crippen molar-refractivity contribution in [2.45, 2.75) is 26.3 Å². The maximum absolute atomic E-state index is 4.80. The third kappa shape index (κ3) is 2.41. The first-order valence-electron chi connectivity index (χ1n) is 7.26. The Morgan fingerprint density at radius 2 is 2.05 bits per heavy atom. The number of rotatable bonds is 3. The van der Waals surface area contributed by atoms with Crippen LogP contribution in [0, 0.1) is 6.92 Å². The molecule has 0 amide bonds. The summed E-state index contributed by atoms with van der Waals surface area (Å²) in [7, 11) is 1.97. The van der Waals surface area contributed by atoms with Gasteiger partial charge in [0.1, 0.15) is 5.82 Å². The van der Waals surface area contributed by atoms with Crippen molar-refractivity contribution >= 4 is 11.5 Å². The summed E-state index contributed by atoms with van der Waals surface area (Å²) < 4.78 is 0. The summed E-state index contributed by atoms with van der Waals surface area (Å²) in [4.78, 5) is 7.14. The molecule has 0 spiro atoms. The Labute approximate surface area is 120 Å². The normalized spacial score (nSPS) is 14.2. The quantitative estimate of drug-likeness (QED) is 0.925. The van der Waals surface area contributed by atoms with E-state index in [0.29, 0.717) is 0 Å². The lowest BCUT2D eigenvalue weighted by Gasteiger charge is -2.30. The van der Waals surface area contributed by atoms with E-state index in [4.69, 9.17) is 4.98 Å². The number of aryl methyl sites for hydroxylation is 2. The number of benzene rings is 1. The zero-order chi connectivity index (χ0) is 13.9. The maximum Gasteiger partial charge on any atom is 0.133 e. The van der Waals surface area contributed by atoms with Crippen LogP contribution in [0.4, 0.5) is 11.5 Å². The van der Waals surface area contributed by atoms with Gasteiger partial charge in [0, 0.05) is 24.5 Å². The summed E-state index contributed by atoms with van der Waals surface area (Å²) in [6, 6.07) is 13.0. The van der Waals surface area contributed by atoms with Crippen molar-refractivity contribution in [2.75, 3.05) is 18.5 Å². The maximum atomic E-state index is 4.80. The molecule has 2 aromatic rings. The smallest absolute Gasteiger partial charge is 0.133 e. The first-order valence-corrected chi connectivity index (χ1v) is 7.26. The van der Waals surface area contributed by atoms with Gasteiger partial charge in [-0.1, -0.05) is 24.3 Å². The van der Waals surface area contributed by atoms with Gasteiger partial charge in [0.05, 0.1) is 0 Å². The average Bonchev–Trinajstić information content (AvgIpc) is 2.49. The highest BCUT2D eigenvalue weighted by atomic mass is 15.2. The van der Waals surface area contributed by atoms with Gasteiger partial charge in [-0.25, -0.2) is 4.98 Å². The highest BCUT2D eigenvalue weighted by molar-refractivity contribution is 5.65. The number of anilines is 2. The van der Waals surface area contributed by atoms with E-state index in [2.05, 4.69) is 53.5 Å². The largest absolute Gasteiger partial charge is 0.326 e. The van der Waals surface area contributed by atoms with Crippen molar-refractivity contribution in [1.82, 2.24) is 10.3 Å². The number of hydrogen-bond acceptors (Lipinski definition) is 3. The average molecular weight is 267 g/mol. The van der Waals surface area contributed by atoms with Crippen LogP contribution in [0.3, 0.4) is 0 Å². The van der Waals surface area contributed by atoms with Crippen molar-refractivity contribution in [2.24, 2.45) is 0 Å². The second kappa shape index (κ2) is 5.63. The van der Waals surface area contributed by atoms with Gasteiger partial charge >= 0.3 is 0 Å². The van der Waals surface area contributed by atoms with Crippen LogP contribution in [0.1, 0.15) is 23.2 Å². The van der Waals surface area contributed by atoms with Crippen molar-refractivity contribution in [3.05, 3.63) is 53.2 Å². The molecule has 0 saturated heterocycles. The highest BCUT2D eigenvalue weighted by Gasteiger charge is 2.18. The molecule has 0 aliphatic carbocycles. The van der Waals surface area contributed by atoms with Crippen LogP contribution in [-0.4, -0.2) is 18.6 Å². The molecule has 0 bridgehead atoms. The van der Waals surface area contributed by atoms with E-state index in [1.165, 1.54) is 29.7 Å². The Morgan fingerprint density at radius 3 is 2.85 bits per heavy atom. The van der Waals surface area contributed by atoms with Crippen LogP contribution < -0.4 is 10.2 Å². The molecule has 0 atom stereocenters. The van der Waals surface area contributed by atoms with E-state index in [0.717, 1.165) is 24.6 Å². The van der Waals surface area contributed by atoms with Crippen molar-refractivity contribution in [1.29, 1.82) is 0 Å². The fraction of sp³-hybridized carbons (Fsp3) is 0.353. The van der Waals surface area contributed by atoms with Gasteiger partial charge in [-0.05, 0) is 50.1 Å². The molecule has 20 heavy (non-hydrogen) atoms. The molecular weight excluding hydrogens is 246 g/mol. The van der Waals surface area contributed by atoms with Gasteiger partial charge in [0.2, 0.25) is 0 Å². The SMILES string of the molecule is CNCc1ccc(N2CCCc3ccccc32)nc1C. The minimum Gasteiger partial charge on any atom is -0.326 e. The highest BCUT2D eigenvalue weighted by Crippen LogP contribution is 2.32. The molecule has 0 saturated carbocycles. The molecule has 1 aliphatic heterocycles. The molecule has 1 aromatic carbocycles. The van der Waals surface area contributed by atoms with E-state index in [1.807, 2.05) is 7.05 Å². The van der Waals surface area contributed by atoms with E-state index in [9.17, 15) is 0 Å². The van der Waals surface area contributed by atoms with E-state index >= 15 is 0 Å². The van der Waals surface area contributed by atoms with Crippen LogP contribution in [0.2, 0.25) is 0 Å². The number of hydrogen-bond donors (Lipinski definition) is 1. The molecule has 3 heteroatoms. The first kappa shape index (κ1) is 13.1. The van der Waals surface area contributed by atoms with Gasteiger partial charge < -0.3 is 10.2 Å². The Kier molecular flexibility index (Phi) is 3.70. The molecule has 1 aromatic heterocycles. The monoisotopic (exact) mass is 267 g/mol. The van der Waals surface area contributed by atoms with Gasteiger partial charge in [-0.3, -0.25) is 0 Å². The predicted molar refractivity (Wildman–Crippen MR) is 83.5 cm³/mol. The Hall–Kier alpha value is -1.87. The summed E-state index contributed by atoms with van der Waals surface area (Å²) in [5.74, 6) is 1.06. The van der Waals surface area contributed by atoms with Crippen LogP contribution in [0.5, 0.6) is 0 Å². The lowest BCUT2D eigenvalue weighted by molar-refractivity contribution is 0.755. The molecule has 104 valence electrons. The third-order valence-corrected chi connectivity index (χ3v) is 3.93. The van der Waals surface area contributed by atoms with Crippen LogP contribution in [-0.2, 0) is 13.0 Å². The molecule has 0 radical (unpaired) electrons. The molecule has 3 rings (SSSR count). The topological polar surface area (TPSA) is 28.2 Å². The zero-order valence-electron chi connectivity index (χ0n) is 12.2. The lowest BCUT2D eigenvalue weighted by Crippen LogP contribution is -2.25. The van der Waals surface area contributed by atoms with E-state index in [-0.39, 0.29) is 0 Å². The lowest BCUT2D eigenvalue weighted by atomic mass is 10.0. The third-order valence-electron chi connectivity index (χ3n) is 3.93. The fourth-order valence-corrected chi connectivity index (χ4v) is 2.88. The van der Waals surface area contributed by atoms with Gasteiger partial charge in [-0.15, -0.1) is 0 Å². The second-order valence-corrected chi connectivity index (χ2v) is 5.33. The Bertz CT molecular complexity index is 607. The van der Waals surface area contributed by atoms with Crippen LogP contribution in [0.15, 0.2) is 36.4 Å². The van der Waals surface area contributed by atoms with Crippen molar-refractivity contribution < 1.29 is 0 Å². The summed E-state index contributed by atoms with van der Waals surface area (Å²) in [5.41, 5.74) is 5.12. The molecule has 3 nitrogen and oxygen atoms in total. The predicted octanol–water partition coefficient (Wildman–Crippen LogP) is 3.19. The molecule has 2 heterocycles. The van der Waals surface area contributed by atoms with Crippen LogP contribution >= 0.6 is 0 Å². The Balaban J connectivity index is 1.96. The van der Waals surface area contributed by atoms with Crippen molar-refractivity contribution in [3.63, 3.8) is 0 Å². The number of pyridine rings is 1. The standard InChI is InChI=1S/C17H21N3/c1-13-15(12-18-2)9-10-17(19-13)20-11-5-7-14-6-3-4-8-16(14)20/h3-4,6,8-10,18H,5,7,11-12H2,1-2H3. The number of para-hydroxylation sites is 1. The molecule has 0 fully saturated rings. The van der Waals surface area contributed by atoms with Gasteiger partial charge in [-0.2, -0.15) is 0 Å². The van der Waals surface area contributed by atoms with Crippen LogP contribution in [0.25, 0.3) is 0 Å². The second-order valence-electron chi connectivity index (χ2n) is 5.33.